The normalized spacial score (nSPS) is 11.8. The van der Waals surface area contributed by atoms with Crippen LogP contribution in [0, 0.1) is 0 Å². The summed E-state index contributed by atoms with van der Waals surface area (Å²) in [5, 5.41) is 7.49. The first-order chi connectivity index (χ1) is 9.99. The van der Waals surface area contributed by atoms with Crippen LogP contribution in [0.25, 0.3) is 0 Å². The van der Waals surface area contributed by atoms with Crippen molar-refractivity contribution in [2.24, 2.45) is 0 Å². The van der Waals surface area contributed by atoms with E-state index in [2.05, 4.69) is 17.3 Å². The molecule has 0 fully saturated rings. The third-order valence-corrected chi connectivity index (χ3v) is 3.07. The molecule has 0 unspecified atom stereocenters. The van der Waals surface area contributed by atoms with Crippen molar-refractivity contribution in [3.8, 4) is 0 Å². The van der Waals surface area contributed by atoms with Crippen LogP contribution >= 0.6 is 0 Å². The molecule has 0 aliphatic heterocycles. The van der Waals surface area contributed by atoms with Crippen LogP contribution in [0.3, 0.4) is 0 Å². The summed E-state index contributed by atoms with van der Waals surface area (Å²) in [5.74, 6) is 0. The Kier molecular flexibility index (Phi) is 5.01. The third kappa shape index (κ3) is 4.60. The molecule has 1 aromatic heterocycles. The largest absolute Gasteiger partial charge is 0.416 e. The van der Waals surface area contributed by atoms with Gasteiger partial charge in [-0.15, -0.1) is 0 Å². The molecule has 2 rings (SSSR count). The summed E-state index contributed by atoms with van der Waals surface area (Å²) >= 11 is 0. The summed E-state index contributed by atoms with van der Waals surface area (Å²) in [4.78, 5) is 0. The van der Waals surface area contributed by atoms with Crippen LogP contribution in [-0.4, -0.2) is 16.3 Å². The van der Waals surface area contributed by atoms with Crippen LogP contribution in [0.2, 0.25) is 0 Å². The molecule has 0 saturated heterocycles. The summed E-state index contributed by atoms with van der Waals surface area (Å²) < 4.78 is 39.1. The van der Waals surface area contributed by atoms with Crippen molar-refractivity contribution in [3.63, 3.8) is 0 Å². The lowest BCUT2D eigenvalue weighted by molar-refractivity contribution is -0.137. The van der Waals surface area contributed by atoms with Gasteiger partial charge in [0.05, 0.1) is 18.3 Å². The van der Waals surface area contributed by atoms with Gasteiger partial charge in [0.25, 0.3) is 0 Å². The maximum atomic E-state index is 12.5. The van der Waals surface area contributed by atoms with Crippen LogP contribution in [-0.2, 0) is 19.3 Å². The van der Waals surface area contributed by atoms with E-state index in [1.807, 2.05) is 6.20 Å². The summed E-state index contributed by atoms with van der Waals surface area (Å²) in [5.41, 5.74) is 1.23. The zero-order valence-electron chi connectivity index (χ0n) is 11.8. The number of hydrogen-bond acceptors (Lipinski definition) is 2. The van der Waals surface area contributed by atoms with E-state index in [1.54, 1.807) is 10.9 Å². The Bertz CT molecular complexity index is 558. The van der Waals surface area contributed by atoms with Crippen molar-refractivity contribution in [2.45, 2.75) is 32.6 Å². The monoisotopic (exact) mass is 297 g/mol. The number of benzene rings is 1. The Balaban J connectivity index is 1.95. The van der Waals surface area contributed by atoms with Gasteiger partial charge in [0.15, 0.2) is 0 Å². The van der Waals surface area contributed by atoms with E-state index in [9.17, 15) is 13.2 Å². The van der Waals surface area contributed by atoms with Crippen molar-refractivity contribution in [1.29, 1.82) is 0 Å². The maximum Gasteiger partial charge on any atom is 0.416 e. The van der Waals surface area contributed by atoms with Crippen molar-refractivity contribution in [3.05, 3.63) is 53.3 Å². The van der Waals surface area contributed by atoms with Crippen molar-refractivity contribution >= 4 is 0 Å². The SMILES string of the molecule is CCCNCc1cnn(Cc2ccc(C(F)(F)F)cc2)c1. The number of aromatic nitrogens is 2. The summed E-state index contributed by atoms with van der Waals surface area (Å²) in [7, 11) is 0. The van der Waals surface area contributed by atoms with Gasteiger partial charge in [0.2, 0.25) is 0 Å². The standard InChI is InChI=1S/C15H18F3N3/c1-2-7-19-8-13-9-20-21(11-13)10-12-3-5-14(6-4-12)15(16,17)18/h3-6,9,11,19H,2,7-8,10H2,1H3. The molecule has 0 atom stereocenters. The molecule has 114 valence electrons. The molecule has 1 aromatic carbocycles. The topological polar surface area (TPSA) is 29.9 Å². The summed E-state index contributed by atoms with van der Waals surface area (Å²) in [6.07, 6.45) is 0.453. The van der Waals surface area contributed by atoms with E-state index in [0.717, 1.165) is 42.8 Å². The zero-order valence-corrected chi connectivity index (χ0v) is 11.8. The van der Waals surface area contributed by atoms with Gasteiger partial charge >= 0.3 is 6.18 Å². The average molecular weight is 297 g/mol. The number of alkyl halides is 3. The zero-order chi connectivity index (χ0) is 15.3. The van der Waals surface area contributed by atoms with Gasteiger partial charge in [-0.1, -0.05) is 19.1 Å². The Labute approximate surface area is 121 Å². The van der Waals surface area contributed by atoms with Crippen LogP contribution in [0.1, 0.15) is 30.0 Å². The number of hydrogen-bond donors (Lipinski definition) is 1. The molecule has 0 aliphatic rings. The molecule has 21 heavy (non-hydrogen) atoms. The lowest BCUT2D eigenvalue weighted by Crippen LogP contribution is -2.13. The van der Waals surface area contributed by atoms with Crippen LogP contribution in [0.4, 0.5) is 13.2 Å². The van der Waals surface area contributed by atoms with Gasteiger partial charge < -0.3 is 5.32 Å². The van der Waals surface area contributed by atoms with E-state index < -0.39 is 11.7 Å². The van der Waals surface area contributed by atoms with E-state index in [1.165, 1.54) is 12.1 Å². The fourth-order valence-corrected chi connectivity index (χ4v) is 1.98. The molecule has 0 bridgehead atoms. The predicted molar refractivity (Wildman–Crippen MR) is 74.8 cm³/mol. The van der Waals surface area contributed by atoms with Crippen molar-refractivity contribution in [2.75, 3.05) is 6.54 Å². The first-order valence-electron chi connectivity index (χ1n) is 6.87. The number of halogens is 3. The van der Waals surface area contributed by atoms with E-state index >= 15 is 0 Å². The third-order valence-electron chi connectivity index (χ3n) is 3.07. The molecule has 0 saturated carbocycles. The van der Waals surface area contributed by atoms with Crippen LogP contribution < -0.4 is 5.32 Å². The van der Waals surface area contributed by atoms with Gasteiger partial charge in [0.1, 0.15) is 0 Å². The Morgan fingerprint density at radius 2 is 1.86 bits per heavy atom. The van der Waals surface area contributed by atoms with Crippen molar-refractivity contribution < 1.29 is 13.2 Å². The molecule has 0 amide bonds. The lowest BCUT2D eigenvalue weighted by Gasteiger charge is -2.07. The molecule has 1 heterocycles. The molecule has 6 heteroatoms. The molecule has 2 aromatic rings. The molecular formula is C15H18F3N3. The first-order valence-corrected chi connectivity index (χ1v) is 6.87. The quantitative estimate of drug-likeness (QED) is 0.828. The minimum atomic E-state index is -4.29. The van der Waals surface area contributed by atoms with Gasteiger partial charge in [-0.2, -0.15) is 18.3 Å². The molecule has 0 radical (unpaired) electrons. The minimum absolute atomic E-state index is 0.464. The van der Waals surface area contributed by atoms with Gasteiger partial charge in [0, 0.05) is 18.3 Å². The highest BCUT2D eigenvalue weighted by atomic mass is 19.4. The molecule has 0 spiro atoms. The fourth-order valence-electron chi connectivity index (χ4n) is 1.98. The van der Waals surface area contributed by atoms with Gasteiger partial charge in [-0.25, -0.2) is 0 Å². The number of nitrogens with zero attached hydrogens (tertiary/aromatic N) is 2. The summed E-state index contributed by atoms with van der Waals surface area (Å²) in [6, 6.07) is 5.17. The molecule has 3 nitrogen and oxygen atoms in total. The second-order valence-electron chi connectivity index (χ2n) is 4.92. The maximum absolute atomic E-state index is 12.5. The second-order valence-corrected chi connectivity index (χ2v) is 4.92. The Morgan fingerprint density at radius 1 is 1.14 bits per heavy atom. The van der Waals surface area contributed by atoms with Gasteiger partial charge in [-0.3, -0.25) is 4.68 Å². The smallest absolute Gasteiger partial charge is 0.313 e. The predicted octanol–water partition coefficient (Wildman–Crippen LogP) is 3.45. The Hall–Kier alpha value is -1.82. The van der Waals surface area contributed by atoms with Crippen LogP contribution in [0.15, 0.2) is 36.7 Å². The minimum Gasteiger partial charge on any atom is -0.313 e. The molecule has 1 N–H and O–H groups in total. The highest BCUT2D eigenvalue weighted by Crippen LogP contribution is 2.29. The first kappa shape index (κ1) is 15.6. The summed E-state index contributed by atoms with van der Waals surface area (Å²) in [6.45, 7) is 4.26. The van der Waals surface area contributed by atoms with E-state index in [0.29, 0.717) is 6.54 Å². The second kappa shape index (κ2) is 6.76. The lowest BCUT2D eigenvalue weighted by atomic mass is 10.1. The average Bonchev–Trinajstić information content (AvgIpc) is 2.86. The van der Waals surface area contributed by atoms with Gasteiger partial charge in [-0.05, 0) is 30.7 Å². The Morgan fingerprint density at radius 3 is 2.48 bits per heavy atom. The number of nitrogens with one attached hydrogen (secondary N) is 1. The molecular weight excluding hydrogens is 279 g/mol. The molecule has 0 aliphatic carbocycles. The number of rotatable bonds is 6. The fraction of sp³-hybridized carbons (Fsp3) is 0.400. The van der Waals surface area contributed by atoms with Crippen molar-refractivity contribution in [1.82, 2.24) is 15.1 Å². The highest BCUT2D eigenvalue weighted by molar-refractivity contribution is 5.24. The highest BCUT2D eigenvalue weighted by Gasteiger charge is 2.29. The van der Waals surface area contributed by atoms with E-state index in [-0.39, 0.29) is 0 Å². The van der Waals surface area contributed by atoms with Crippen LogP contribution in [0.5, 0.6) is 0 Å². The van der Waals surface area contributed by atoms with E-state index in [4.69, 9.17) is 0 Å².